The normalized spacial score (nSPS) is 18.5. The number of aryl methyl sites for hydroxylation is 2. The number of fused-ring (bicyclic) bond motifs is 7. The Bertz CT molecular complexity index is 1750. The third kappa shape index (κ3) is 7.03. The fraction of sp³-hybridized carbons (Fsp3) is 0.343. The number of hydrogen-bond acceptors (Lipinski definition) is 7. The standard InChI is InChI=1S/C35H38N6O5/c1-22-23(2)39-41(24(22)3)14-12-34(43)40-13-11-32-31(20-40)38-35(44)28-15-27(18-36-19-28)26-5-4-6-30(16-26)45-21-33(42)37-17-25-7-9-29(46-32)10-8-25/h4-10,15-16,18-19,31-32H,11-14,17,20-21H2,1-3H3,(H,37,42)(H,38,44)/t31-,32+/m1/s1. The number of carbonyl (C=O) groups excluding carboxylic acids is 3. The molecule has 3 aliphatic rings. The highest BCUT2D eigenvalue weighted by Gasteiger charge is 2.34. The lowest BCUT2D eigenvalue weighted by molar-refractivity contribution is -0.134. The molecule has 1 saturated heterocycles. The highest BCUT2D eigenvalue weighted by Crippen LogP contribution is 2.25. The Labute approximate surface area is 267 Å². The van der Waals surface area contributed by atoms with Gasteiger partial charge in [0.2, 0.25) is 5.91 Å². The van der Waals surface area contributed by atoms with Crippen LogP contribution in [0.4, 0.5) is 0 Å². The summed E-state index contributed by atoms with van der Waals surface area (Å²) >= 11 is 0. The summed E-state index contributed by atoms with van der Waals surface area (Å²) < 4.78 is 14.0. The predicted octanol–water partition coefficient (Wildman–Crippen LogP) is 3.75. The van der Waals surface area contributed by atoms with Crippen LogP contribution in [0.1, 0.15) is 45.7 Å². The third-order valence-electron chi connectivity index (χ3n) is 8.74. The molecule has 3 amide bonds. The zero-order chi connectivity index (χ0) is 32.2. The van der Waals surface area contributed by atoms with Crippen molar-refractivity contribution in [3.05, 3.63) is 95.1 Å². The van der Waals surface area contributed by atoms with E-state index in [0.717, 1.165) is 33.6 Å². The van der Waals surface area contributed by atoms with Gasteiger partial charge in [-0.25, -0.2) is 0 Å². The first-order valence-corrected chi connectivity index (χ1v) is 15.5. The van der Waals surface area contributed by atoms with Gasteiger partial charge in [-0.2, -0.15) is 5.10 Å². The van der Waals surface area contributed by atoms with Gasteiger partial charge < -0.3 is 25.0 Å². The van der Waals surface area contributed by atoms with Crippen LogP contribution in [0.3, 0.4) is 0 Å². The molecule has 2 aromatic carbocycles. The number of hydrogen-bond donors (Lipinski definition) is 2. The van der Waals surface area contributed by atoms with Gasteiger partial charge in [-0.05, 0) is 67.8 Å². The summed E-state index contributed by atoms with van der Waals surface area (Å²) in [5.41, 5.74) is 5.96. The van der Waals surface area contributed by atoms with E-state index in [1.54, 1.807) is 23.2 Å². The van der Waals surface area contributed by atoms with Gasteiger partial charge in [0.1, 0.15) is 17.6 Å². The number of nitrogens with zero attached hydrogens (tertiary/aromatic N) is 4. The zero-order valence-electron chi connectivity index (χ0n) is 26.3. The van der Waals surface area contributed by atoms with Crippen molar-refractivity contribution in [3.8, 4) is 22.6 Å². The molecule has 238 valence electrons. The van der Waals surface area contributed by atoms with Crippen LogP contribution < -0.4 is 20.1 Å². The second-order valence-electron chi connectivity index (χ2n) is 11.8. The van der Waals surface area contributed by atoms with Crippen LogP contribution in [-0.4, -0.2) is 69.2 Å². The molecule has 5 heterocycles. The fourth-order valence-corrected chi connectivity index (χ4v) is 5.80. The molecule has 7 rings (SSSR count). The van der Waals surface area contributed by atoms with E-state index in [-0.39, 0.29) is 30.4 Å². The molecule has 6 bridgehead atoms. The summed E-state index contributed by atoms with van der Waals surface area (Å²) in [4.78, 5) is 45.7. The average molecular weight is 623 g/mol. The second kappa shape index (κ2) is 13.4. The number of aromatic nitrogens is 3. The Hall–Kier alpha value is -5.19. The lowest BCUT2D eigenvalue weighted by Crippen LogP contribution is -2.58. The van der Waals surface area contributed by atoms with Gasteiger partial charge in [-0.1, -0.05) is 24.3 Å². The summed E-state index contributed by atoms with van der Waals surface area (Å²) in [5.74, 6) is 0.616. The molecule has 46 heavy (non-hydrogen) atoms. The summed E-state index contributed by atoms with van der Waals surface area (Å²) in [7, 11) is 0. The monoisotopic (exact) mass is 622 g/mol. The lowest BCUT2D eigenvalue weighted by atomic mass is 10.00. The van der Waals surface area contributed by atoms with Crippen molar-refractivity contribution in [2.24, 2.45) is 0 Å². The zero-order valence-corrected chi connectivity index (χ0v) is 26.3. The molecule has 0 spiro atoms. The molecule has 0 radical (unpaired) electrons. The molecule has 0 aliphatic carbocycles. The van der Waals surface area contributed by atoms with Gasteiger partial charge in [0, 0.05) is 62.7 Å². The molecule has 2 N–H and O–H groups in total. The largest absolute Gasteiger partial charge is 0.488 e. The third-order valence-corrected chi connectivity index (χ3v) is 8.74. The van der Waals surface area contributed by atoms with Crippen molar-refractivity contribution in [3.63, 3.8) is 0 Å². The molecule has 1 fully saturated rings. The highest BCUT2D eigenvalue weighted by atomic mass is 16.5. The molecule has 11 heteroatoms. The fourth-order valence-electron chi connectivity index (χ4n) is 5.80. The van der Waals surface area contributed by atoms with Crippen LogP contribution >= 0.6 is 0 Å². The molecule has 0 unspecified atom stereocenters. The van der Waals surface area contributed by atoms with Crippen molar-refractivity contribution >= 4 is 17.7 Å². The maximum atomic E-state index is 13.7. The molecule has 2 atom stereocenters. The molecular weight excluding hydrogens is 584 g/mol. The van der Waals surface area contributed by atoms with E-state index in [2.05, 4.69) is 20.7 Å². The van der Waals surface area contributed by atoms with Crippen molar-refractivity contribution in [1.29, 1.82) is 0 Å². The molecule has 2 aromatic heterocycles. The van der Waals surface area contributed by atoms with Crippen molar-refractivity contribution < 1.29 is 23.9 Å². The number of rotatable bonds is 3. The topological polar surface area (TPSA) is 128 Å². The summed E-state index contributed by atoms with van der Waals surface area (Å²) in [6.45, 7) is 7.54. The maximum Gasteiger partial charge on any atom is 0.258 e. The Balaban J connectivity index is 1.25. The van der Waals surface area contributed by atoms with Gasteiger partial charge >= 0.3 is 0 Å². The molecule has 11 nitrogen and oxygen atoms in total. The summed E-state index contributed by atoms with van der Waals surface area (Å²) in [6.07, 6.45) is 3.67. The minimum Gasteiger partial charge on any atom is -0.488 e. The minimum absolute atomic E-state index is 0.00140. The molecule has 0 saturated carbocycles. The van der Waals surface area contributed by atoms with E-state index < -0.39 is 6.04 Å². The van der Waals surface area contributed by atoms with E-state index in [4.69, 9.17) is 9.47 Å². The molecule has 4 aromatic rings. The Morgan fingerprint density at radius 1 is 0.978 bits per heavy atom. The summed E-state index contributed by atoms with van der Waals surface area (Å²) in [6, 6.07) is 16.1. The number of likely N-dealkylation sites (tertiary alicyclic amines) is 1. The van der Waals surface area contributed by atoms with E-state index in [9.17, 15) is 14.4 Å². The number of nitrogens with one attached hydrogen (secondary N) is 2. The Kier molecular flexibility index (Phi) is 9.00. The van der Waals surface area contributed by atoms with Gasteiger partial charge in [-0.3, -0.25) is 24.0 Å². The van der Waals surface area contributed by atoms with Crippen LogP contribution in [-0.2, 0) is 22.7 Å². The van der Waals surface area contributed by atoms with Crippen LogP contribution in [0.2, 0.25) is 0 Å². The van der Waals surface area contributed by atoms with Crippen molar-refractivity contribution in [1.82, 2.24) is 30.3 Å². The van der Waals surface area contributed by atoms with E-state index in [1.807, 2.05) is 67.9 Å². The van der Waals surface area contributed by atoms with Crippen molar-refractivity contribution in [2.45, 2.75) is 58.8 Å². The molecule has 3 aliphatic heterocycles. The van der Waals surface area contributed by atoms with E-state index >= 15 is 0 Å². The maximum absolute atomic E-state index is 13.7. The van der Waals surface area contributed by atoms with Gasteiger partial charge in [-0.15, -0.1) is 0 Å². The number of amides is 3. The SMILES string of the molecule is Cc1nn(CCC(=O)N2CC[C@@H]3Oc4ccc(cc4)CNC(=O)COc4cccc(c4)-c4cncc(c4)C(=O)N[C@@H]3C2)c(C)c1C. The highest BCUT2D eigenvalue weighted by molar-refractivity contribution is 5.95. The molecular formula is C35H38N6O5. The van der Waals surface area contributed by atoms with Crippen LogP contribution in [0.25, 0.3) is 11.1 Å². The Morgan fingerprint density at radius 3 is 2.57 bits per heavy atom. The van der Waals surface area contributed by atoms with E-state index in [1.165, 1.54) is 6.20 Å². The first kappa shape index (κ1) is 30.8. The van der Waals surface area contributed by atoms with Gasteiger partial charge in [0.25, 0.3) is 11.8 Å². The lowest BCUT2D eigenvalue weighted by Gasteiger charge is -2.39. The minimum atomic E-state index is -0.467. The first-order chi connectivity index (χ1) is 22.2. The summed E-state index contributed by atoms with van der Waals surface area (Å²) in [5, 5.41) is 10.6. The van der Waals surface area contributed by atoms with Crippen LogP contribution in [0, 0.1) is 20.8 Å². The number of ether oxygens (including phenoxy) is 2. The van der Waals surface area contributed by atoms with Crippen LogP contribution in [0.15, 0.2) is 67.0 Å². The van der Waals surface area contributed by atoms with Gasteiger partial charge in [0.05, 0.1) is 17.3 Å². The second-order valence-corrected chi connectivity index (χ2v) is 11.8. The predicted molar refractivity (Wildman–Crippen MR) is 171 cm³/mol. The smallest absolute Gasteiger partial charge is 0.258 e. The van der Waals surface area contributed by atoms with Crippen molar-refractivity contribution in [2.75, 3.05) is 19.7 Å². The van der Waals surface area contributed by atoms with Gasteiger partial charge in [0.15, 0.2) is 6.61 Å². The number of carbonyl (C=O) groups is 3. The van der Waals surface area contributed by atoms with Crippen LogP contribution in [0.5, 0.6) is 11.5 Å². The Morgan fingerprint density at radius 2 is 1.78 bits per heavy atom. The number of pyridine rings is 1. The number of piperidine rings is 1. The van der Waals surface area contributed by atoms with E-state index in [0.29, 0.717) is 56.1 Å². The average Bonchev–Trinajstić information content (AvgIpc) is 3.32. The quantitative estimate of drug-likeness (QED) is 0.356. The number of benzene rings is 2. The first-order valence-electron chi connectivity index (χ1n) is 15.5.